The highest BCUT2D eigenvalue weighted by molar-refractivity contribution is 5.79. The third-order valence-corrected chi connectivity index (χ3v) is 0.896. The summed E-state index contributed by atoms with van der Waals surface area (Å²) in [4.78, 5) is 18.5. The molecule has 6 heteroatoms. The molecule has 4 N–H and O–H groups in total. The van der Waals surface area contributed by atoms with Crippen molar-refractivity contribution in [3.63, 3.8) is 0 Å². The predicted molar refractivity (Wildman–Crippen MR) is 59.0 cm³/mol. The molecule has 0 spiro atoms. The van der Waals surface area contributed by atoms with Gasteiger partial charge in [-0.25, -0.2) is 9.59 Å². The van der Waals surface area contributed by atoms with Gasteiger partial charge in [-0.1, -0.05) is 13.2 Å². The molecule has 0 saturated heterocycles. The van der Waals surface area contributed by atoms with Gasteiger partial charge < -0.3 is 20.4 Å². The summed E-state index contributed by atoms with van der Waals surface area (Å²) in [6.07, 6.45) is 1.80. The fourth-order valence-corrected chi connectivity index (χ4v) is 0.187. The Morgan fingerprint density at radius 3 is 1.44 bits per heavy atom. The summed E-state index contributed by atoms with van der Waals surface area (Å²) in [6, 6.07) is 0. The number of carboxylic acid groups (broad SMARTS) is 2. The molecule has 0 aliphatic carbocycles. The molecule has 0 radical (unpaired) electrons. The zero-order valence-electron chi connectivity index (χ0n) is 9.17. The zero-order chi connectivity index (χ0) is 13.6. The van der Waals surface area contributed by atoms with Crippen LogP contribution in [-0.4, -0.2) is 45.1 Å². The highest BCUT2D eigenvalue weighted by Crippen LogP contribution is 1.83. The molecule has 0 aromatic rings. The van der Waals surface area contributed by atoms with Gasteiger partial charge in [0, 0.05) is 18.8 Å². The van der Waals surface area contributed by atoms with Crippen LogP contribution >= 0.6 is 0 Å². The Labute approximate surface area is 94.2 Å². The number of hydrogen-bond donors (Lipinski definition) is 4. The van der Waals surface area contributed by atoms with Gasteiger partial charge in [-0.05, 0) is 13.3 Å². The summed E-state index contributed by atoms with van der Waals surface area (Å²) in [5, 5.41) is 31.7. The molecule has 0 heterocycles. The van der Waals surface area contributed by atoms with Crippen LogP contribution in [-0.2, 0) is 9.59 Å². The number of carbonyl (C=O) groups is 2. The standard InChI is InChI=1S/C4H10O2.2C3H4O2/c1-4(6)2-3-5;2*1-2-3(4)5/h4-6H,2-3H2,1H3;2*2H,1H2,(H,4,5). The predicted octanol–water partition coefficient (Wildman–Crippen LogP) is 0.264. The highest BCUT2D eigenvalue weighted by Gasteiger charge is 1.88. The number of aliphatic hydroxyl groups excluding tert-OH is 2. The van der Waals surface area contributed by atoms with Crippen LogP contribution < -0.4 is 0 Å². The Kier molecular flexibility index (Phi) is 19.6. The highest BCUT2D eigenvalue weighted by atomic mass is 16.4. The second-order valence-corrected chi connectivity index (χ2v) is 2.45. The normalized spacial score (nSPS) is 9.44. The molecule has 0 bridgehead atoms. The molecule has 0 aromatic carbocycles. The Balaban J connectivity index is -0.000000160. The van der Waals surface area contributed by atoms with Crippen LogP contribution in [0.3, 0.4) is 0 Å². The van der Waals surface area contributed by atoms with Gasteiger partial charge >= 0.3 is 11.9 Å². The van der Waals surface area contributed by atoms with E-state index in [0.717, 1.165) is 12.2 Å². The summed E-state index contributed by atoms with van der Waals surface area (Å²) >= 11 is 0. The van der Waals surface area contributed by atoms with Gasteiger partial charge in [0.1, 0.15) is 0 Å². The Hall–Kier alpha value is -1.66. The summed E-state index contributed by atoms with van der Waals surface area (Å²) in [5.41, 5.74) is 0. The van der Waals surface area contributed by atoms with Gasteiger partial charge in [-0.3, -0.25) is 0 Å². The molecule has 0 fully saturated rings. The van der Waals surface area contributed by atoms with Gasteiger partial charge in [0.25, 0.3) is 0 Å². The van der Waals surface area contributed by atoms with Crippen LogP contribution in [0, 0.1) is 0 Å². The Morgan fingerprint density at radius 1 is 1.19 bits per heavy atom. The van der Waals surface area contributed by atoms with Crippen molar-refractivity contribution in [2.75, 3.05) is 6.61 Å². The van der Waals surface area contributed by atoms with Crippen molar-refractivity contribution in [2.24, 2.45) is 0 Å². The minimum Gasteiger partial charge on any atom is -0.478 e. The largest absolute Gasteiger partial charge is 0.478 e. The second-order valence-electron chi connectivity index (χ2n) is 2.45. The lowest BCUT2D eigenvalue weighted by atomic mass is 10.3. The van der Waals surface area contributed by atoms with Crippen molar-refractivity contribution in [1.29, 1.82) is 0 Å². The van der Waals surface area contributed by atoms with Crippen molar-refractivity contribution in [3.05, 3.63) is 25.3 Å². The topological polar surface area (TPSA) is 115 Å². The molecule has 1 atom stereocenters. The van der Waals surface area contributed by atoms with Crippen molar-refractivity contribution in [3.8, 4) is 0 Å². The van der Waals surface area contributed by atoms with Crippen molar-refractivity contribution < 1.29 is 30.0 Å². The number of carboxylic acids is 2. The van der Waals surface area contributed by atoms with E-state index in [9.17, 15) is 9.59 Å². The molecular formula is C10H18O6. The summed E-state index contributed by atoms with van der Waals surface area (Å²) < 4.78 is 0. The van der Waals surface area contributed by atoms with Crippen LogP contribution in [0.15, 0.2) is 25.3 Å². The van der Waals surface area contributed by atoms with E-state index in [2.05, 4.69) is 13.2 Å². The smallest absolute Gasteiger partial charge is 0.327 e. The van der Waals surface area contributed by atoms with E-state index >= 15 is 0 Å². The van der Waals surface area contributed by atoms with E-state index in [1.807, 2.05) is 0 Å². The first-order chi connectivity index (χ1) is 7.31. The number of aliphatic hydroxyl groups is 2. The summed E-state index contributed by atoms with van der Waals surface area (Å²) in [7, 11) is 0. The fourth-order valence-electron chi connectivity index (χ4n) is 0.187. The van der Waals surface area contributed by atoms with E-state index in [4.69, 9.17) is 20.4 Å². The maximum absolute atomic E-state index is 9.25. The molecule has 0 saturated carbocycles. The fraction of sp³-hybridized carbons (Fsp3) is 0.400. The maximum Gasteiger partial charge on any atom is 0.327 e. The van der Waals surface area contributed by atoms with Crippen molar-refractivity contribution in [1.82, 2.24) is 0 Å². The third kappa shape index (κ3) is 55.6. The van der Waals surface area contributed by atoms with Gasteiger partial charge in [0.05, 0.1) is 6.10 Å². The van der Waals surface area contributed by atoms with Gasteiger partial charge in [-0.2, -0.15) is 0 Å². The van der Waals surface area contributed by atoms with Crippen molar-refractivity contribution >= 4 is 11.9 Å². The second kappa shape index (κ2) is 15.8. The monoisotopic (exact) mass is 234 g/mol. The molecule has 0 aliphatic rings. The molecule has 1 unspecified atom stereocenters. The van der Waals surface area contributed by atoms with Crippen LogP contribution in [0.25, 0.3) is 0 Å². The average molecular weight is 234 g/mol. The minimum atomic E-state index is -0.981. The summed E-state index contributed by atoms with van der Waals surface area (Å²) in [5.74, 6) is -1.96. The molecule has 0 aromatic heterocycles. The average Bonchev–Trinajstić information content (AvgIpc) is 2.19. The van der Waals surface area contributed by atoms with Crippen molar-refractivity contribution in [2.45, 2.75) is 19.4 Å². The molecule has 0 rings (SSSR count). The molecule has 94 valence electrons. The first kappa shape index (κ1) is 19.8. The summed E-state index contributed by atoms with van der Waals surface area (Å²) in [6.45, 7) is 7.65. The SMILES string of the molecule is C=CC(=O)O.C=CC(=O)O.CC(O)CCO. The third-order valence-electron chi connectivity index (χ3n) is 0.896. The van der Waals surface area contributed by atoms with Crippen LogP contribution in [0.5, 0.6) is 0 Å². The van der Waals surface area contributed by atoms with E-state index < -0.39 is 11.9 Å². The zero-order valence-corrected chi connectivity index (χ0v) is 9.17. The van der Waals surface area contributed by atoms with Crippen LogP contribution in [0.2, 0.25) is 0 Å². The maximum atomic E-state index is 9.25. The van der Waals surface area contributed by atoms with E-state index in [-0.39, 0.29) is 12.7 Å². The first-order valence-corrected chi connectivity index (χ1v) is 4.31. The Morgan fingerprint density at radius 2 is 1.44 bits per heavy atom. The van der Waals surface area contributed by atoms with Gasteiger partial charge in [0.15, 0.2) is 0 Å². The van der Waals surface area contributed by atoms with E-state index in [0.29, 0.717) is 6.42 Å². The molecule has 6 nitrogen and oxygen atoms in total. The lowest BCUT2D eigenvalue weighted by molar-refractivity contribution is -0.132. The van der Waals surface area contributed by atoms with Crippen LogP contribution in [0.1, 0.15) is 13.3 Å². The van der Waals surface area contributed by atoms with E-state index in [1.165, 1.54) is 0 Å². The molecule has 16 heavy (non-hydrogen) atoms. The number of aliphatic carboxylic acids is 2. The van der Waals surface area contributed by atoms with Crippen LogP contribution in [0.4, 0.5) is 0 Å². The Bertz CT molecular complexity index is 191. The number of rotatable bonds is 4. The van der Waals surface area contributed by atoms with Gasteiger partial charge in [0.2, 0.25) is 0 Å². The lowest BCUT2D eigenvalue weighted by Gasteiger charge is -1.95. The minimum absolute atomic E-state index is 0.0810. The molecule has 0 amide bonds. The lowest BCUT2D eigenvalue weighted by Crippen LogP contribution is -2.00. The number of hydrogen-bond acceptors (Lipinski definition) is 4. The molecule has 0 aliphatic heterocycles. The molecular weight excluding hydrogens is 216 g/mol. The van der Waals surface area contributed by atoms with E-state index in [1.54, 1.807) is 6.92 Å². The van der Waals surface area contributed by atoms with Gasteiger partial charge in [-0.15, -0.1) is 0 Å². The quantitative estimate of drug-likeness (QED) is 0.519. The first-order valence-electron chi connectivity index (χ1n) is 4.31.